The van der Waals surface area contributed by atoms with E-state index in [4.69, 9.17) is 21.1 Å². The molecule has 0 spiro atoms. The number of ether oxygens (including phenoxy) is 2. The molecular formula is C25H31ClN4O4. The third kappa shape index (κ3) is 5.24. The van der Waals surface area contributed by atoms with Gasteiger partial charge in [-0.2, -0.15) is 0 Å². The van der Waals surface area contributed by atoms with E-state index in [9.17, 15) is 9.90 Å². The van der Waals surface area contributed by atoms with E-state index in [-0.39, 0.29) is 11.8 Å². The van der Waals surface area contributed by atoms with Crippen LogP contribution in [0.2, 0.25) is 5.02 Å². The number of likely N-dealkylation sites (tertiary alicyclic amines) is 1. The molecule has 4 heterocycles. The molecule has 0 bridgehead atoms. The van der Waals surface area contributed by atoms with E-state index < -0.39 is 12.1 Å². The number of anilines is 1. The van der Waals surface area contributed by atoms with Gasteiger partial charge in [-0.3, -0.25) is 4.79 Å². The first-order valence-electron chi connectivity index (χ1n) is 12.0. The first-order valence-corrected chi connectivity index (χ1v) is 12.4. The topological polar surface area (TPSA) is 87.2 Å². The number of aliphatic hydroxyl groups excluding tert-OH is 1. The van der Waals surface area contributed by atoms with Gasteiger partial charge < -0.3 is 29.7 Å². The molecule has 1 aromatic heterocycles. The standard InChI is InChI=1S/C25H31ClN4O4/c26-19-4-6-23(27-14-19)30-10-7-18(15-30)25(32)28-20(16-29-8-1-2-9-29)24(31)17-3-5-21-22(13-17)34-12-11-33-21/h3-6,13-14,18,20,24,31H,1-2,7-12,15-16H2,(H,28,32)/t18-,20+,24+/m0/s1. The van der Waals surface area contributed by atoms with E-state index in [0.29, 0.717) is 48.4 Å². The summed E-state index contributed by atoms with van der Waals surface area (Å²) >= 11 is 5.96. The van der Waals surface area contributed by atoms with Gasteiger partial charge in [-0.15, -0.1) is 0 Å². The van der Waals surface area contributed by atoms with Crippen molar-refractivity contribution >= 4 is 23.3 Å². The number of fused-ring (bicyclic) bond motifs is 1. The molecule has 8 nitrogen and oxygen atoms in total. The van der Waals surface area contributed by atoms with Crippen LogP contribution >= 0.6 is 11.6 Å². The molecule has 2 aromatic rings. The highest BCUT2D eigenvalue weighted by Gasteiger charge is 2.33. The number of pyridine rings is 1. The zero-order valence-electron chi connectivity index (χ0n) is 19.2. The van der Waals surface area contributed by atoms with Crippen LogP contribution in [0, 0.1) is 5.92 Å². The quantitative estimate of drug-likeness (QED) is 0.622. The molecule has 0 unspecified atom stereocenters. The predicted molar refractivity (Wildman–Crippen MR) is 130 cm³/mol. The molecule has 1 amide bonds. The van der Waals surface area contributed by atoms with Crippen LogP contribution in [0.5, 0.6) is 11.5 Å². The molecule has 0 aliphatic carbocycles. The minimum absolute atomic E-state index is 0.0303. The second-order valence-corrected chi connectivity index (χ2v) is 9.67. The van der Waals surface area contributed by atoms with Gasteiger partial charge in [0.05, 0.1) is 17.0 Å². The van der Waals surface area contributed by atoms with Crippen molar-refractivity contribution in [3.8, 4) is 11.5 Å². The Labute approximate surface area is 204 Å². The lowest BCUT2D eigenvalue weighted by atomic mass is 9.99. The van der Waals surface area contributed by atoms with Crippen molar-refractivity contribution < 1.29 is 19.4 Å². The smallest absolute Gasteiger partial charge is 0.225 e. The van der Waals surface area contributed by atoms with Crippen molar-refractivity contribution in [1.82, 2.24) is 15.2 Å². The van der Waals surface area contributed by atoms with Crippen LogP contribution in [0.4, 0.5) is 5.82 Å². The van der Waals surface area contributed by atoms with E-state index in [2.05, 4.69) is 20.1 Å². The number of carbonyl (C=O) groups is 1. The summed E-state index contributed by atoms with van der Waals surface area (Å²) in [6.07, 6.45) is 3.81. The van der Waals surface area contributed by atoms with E-state index in [1.165, 1.54) is 0 Å². The Kier molecular flexibility index (Phi) is 7.08. The number of aliphatic hydroxyl groups is 1. The lowest BCUT2D eigenvalue weighted by Crippen LogP contribution is -2.48. The fourth-order valence-corrected chi connectivity index (χ4v) is 5.09. The summed E-state index contributed by atoms with van der Waals surface area (Å²) in [5.74, 6) is 1.95. The van der Waals surface area contributed by atoms with E-state index in [0.717, 1.165) is 44.7 Å². The van der Waals surface area contributed by atoms with Crippen molar-refractivity contribution in [3.63, 3.8) is 0 Å². The molecule has 1 aromatic carbocycles. The number of nitrogens with zero attached hydrogens (tertiary/aromatic N) is 3. The Bertz CT molecular complexity index is 999. The molecule has 0 saturated carbocycles. The van der Waals surface area contributed by atoms with Crippen LogP contribution in [0.25, 0.3) is 0 Å². The number of halogens is 1. The highest BCUT2D eigenvalue weighted by Crippen LogP contribution is 2.34. The zero-order chi connectivity index (χ0) is 23.5. The van der Waals surface area contributed by atoms with Gasteiger partial charge in [-0.25, -0.2) is 4.98 Å². The number of amides is 1. The lowest BCUT2D eigenvalue weighted by molar-refractivity contribution is -0.126. The Morgan fingerprint density at radius 2 is 1.94 bits per heavy atom. The molecule has 3 atom stereocenters. The molecule has 3 aliphatic heterocycles. The van der Waals surface area contributed by atoms with Gasteiger partial charge in [-0.1, -0.05) is 17.7 Å². The minimum Gasteiger partial charge on any atom is -0.486 e. The summed E-state index contributed by atoms with van der Waals surface area (Å²) in [6.45, 7) is 4.94. The first-order chi connectivity index (χ1) is 16.6. The van der Waals surface area contributed by atoms with Gasteiger partial charge in [-0.05, 0) is 62.2 Å². The molecule has 2 saturated heterocycles. The Morgan fingerprint density at radius 3 is 2.71 bits per heavy atom. The lowest BCUT2D eigenvalue weighted by Gasteiger charge is -2.30. The van der Waals surface area contributed by atoms with Crippen molar-refractivity contribution in [3.05, 3.63) is 47.1 Å². The SMILES string of the molecule is O=C(N[C@H](CN1CCCC1)[C@H](O)c1ccc2c(c1)OCCO2)[C@H]1CCN(c2ccc(Cl)cn2)C1. The summed E-state index contributed by atoms with van der Waals surface area (Å²) in [5, 5.41) is 15.1. The summed E-state index contributed by atoms with van der Waals surface area (Å²) < 4.78 is 11.3. The Hall–Kier alpha value is -2.55. The molecule has 5 rings (SSSR count). The molecular weight excluding hydrogens is 456 g/mol. The number of hydrogen-bond donors (Lipinski definition) is 2. The largest absolute Gasteiger partial charge is 0.486 e. The van der Waals surface area contributed by atoms with E-state index >= 15 is 0 Å². The van der Waals surface area contributed by atoms with Gasteiger partial charge in [0.25, 0.3) is 0 Å². The number of aromatic nitrogens is 1. The number of carbonyl (C=O) groups excluding carboxylic acids is 1. The number of hydrogen-bond acceptors (Lipinski definition) is 7. The van der Waals surface area contributed by atoms with Gasteiger partial charge >= 0.3 is 0 Å². The summed E-state index contributed by atoms with van der Waals surface area (Å²) in [4.78, 5) is 22.1. The monoisotopic (exact) mass is 486 g/mol. The van der Waals surface area contributed by atoms with Crippen molar-refractivity contribution in [1.29, 1.82) is 0 Å². The van der Waals surface area contributed by atoms with Gasteiger partial charge in [0, 0.05) is 25.8 Å². The number of benzene rings is 1. The van der Waals surface area contributed by atoms with E-state index in [1.807, 2.05) is 30.3 Å². The second kappa shape index (κ2) is 10.4. The predicted octanol–water partition coefficient (Wildman–Crippen LogP) is 2.65. The van der Waals surface area contributed by atoms with Crippen LogP contribution < -0.4 is 19.7 Å². The van der Waals surface area contributed by atoms with Crippen LogP contribution in [0.1, 0.15) is 30.9 Å². The summed E-state index contributed by atoms with van der Waals surface area (Å²) in [5.41, 5.74) is 0.715. The fourth-order valence-electron chi connectivity index (χ4n) is 4.98. The third-order valence-corrected chi connectivity index (χ3v) is 7.09. The average Bonchev–Trinajstić information content (AvgIpc) is 3.56. The minimum atomic E-state index is -0.851. The van der Waals surface area contributed by atoms with Crippen LogP contribution in [0.3, 0.4) is 0 Å². The van der Waals surface area contributed by atoms with Crippen LogP contribution in [-0.2, 0) is 4.79 Å². The summed E-state index contributed by atoms with van der Waals surface area (Å²) in [7, 11) is 0. The molecule has 3 aliphatic rings. The first kappa shape index (κ1) is 23.2. The highest BCUT2D eigenvalue weighted by molar-refractivity contribution is 6.30. The molecule has 2 N–H and O–H groups in total. The number of nitrogens with one attached hydrogen (secondary N) is 1. The summed E-state index contributed by atoms with van der Waals surface area (Å²) in [6, 6.07) is 8.78. The van der Waals surface area contributed by atoms with E-state index in [1.54, 1.807) is 6.20 Å². The van der Waals surface area contributed by atoms with Crippen LogP contribution in [0.15, 0.2) is 36.5 Å². The van der Waals surface area contributed by atoms with Crippen molar-refractivity contribution in [2.45, 2.75) is 31.4 Å². The fraction of sp³-hybridized carbons (Fsp3) is 0.520. The molecule has 0 radical (unpaired) electrons. The number of rotatable bonds is 7. The molecule has 182 valence electrons. The second-order valence-electron chi connectivity index (χ2n) is 9.24. The normalized spacial score (nSPS) is 21.9. The highest BCUT2D eigenvalue weighted by atomic mass is 35.5. The van der Waals surface area contributed by atoms with Gasteiger partial charge in [0.2, 0.25) is 5.91 Å². The average molecular weight is 487 g/mol. The van der Waals surface area contributed by atoms with Gasteiger partial charge in [0.15, 0.2) is 11.5 Å². The Balaban J connectivity index is 1.28. The van der Waals surface area contributed by atoms with Gasteiger partial charge in [0.1, 0.15) is 25.1 Å². The third-order valence-electron chi connectivity index (χ3n) is 6.86. The molecule has 34 heavy (non-hydrogen) atoms. The van der Waals surface area contributed by atoms with Crippen molar-refractivity contribution in [2.75, 3.05) is 50.8 Å². The molecule has 9 heteroatoms. The Morgan fingerprint density at radius 1 is 1.15 bits per heavy atom. The maximum Gasteiger partial charge on any atom is 0.225 e. The van der Waals surface area contributed by atoms with Crippen LogP contribution in [-0.4, -0.2) is 72.9 Å². The van der Waals surface area contributed by atoms with Crippen molar-refractivity contribution in [2.24, 2.45) is 5.92 Å². The zero-order valence-corrected chi connectivity index (χ0v) is 19.9. The maximum atomic E-state index is 13.3. The maximum absolute atomic E-state index is 13.3. The molecule has 2 fully saturated rings.